The zero-order valence-electron chi connectivity index (χ0n) is 11.3. The van der Waals surface area contributed by atoms with Crippen molar-refractivity contribution in [2.75, 3.05) is 6.61 Å². The number of nitrogens with zero attached hydrogens (tertiary/aromatic N) is 1. The number of aliphatic hydroxyl groups is 1. The van der Waals surface area contributed by atoms with Crippen molar-refractivity contribution in [1.82, 2.24) is 10.5 Å². The van der Waals surface area contributed by atoms with E-state index in [9.17, 15) is 9.18 Å². The van der Waals surface area contributed by atoms with E-state index in [0.29, 0.717) is 17.0 Å². The summed E-state index contributed by atoms with van der Waals surface area (Å²) in [4.78, 5) is 11.9. The number of hydrogen-bond donors (Lipinski definition) is 2. The van der Waals surface area contributed by atoms with Crippen molar-refractivity contribution >= 4 is 5.91 Å². The highest BCUT2D eigenvalue weighted by Gasteiger charge is 2.12. The summed E-state index contributed by atoms with van der Waals surface area (Å²) in [5.74, 6) is 4.39. The third-order valence-electron chi connectivity index (χ3n) is 2.63. The number of nitrogens with one attached hydrogen (secondary N) is 1. The standard InChI is InChI=1S/C15H13FN2O3/c1-10-7-12(18-21-10)9-17-15(20)13-5-4-11(3-2-6-19)8-14(13)16/h4-5,7-8,19H,6,9H2,1H3,(H,17,20). The highest BCUT2D eigenvalue weighted by Crippen LogP contribution is 2.10. The number of hydrogen-bond acceptors (Lipinski definition) is 4. The molecular weight excluding hydrogens is 275 g/mol. The third kappa shape index (κ3) is 3.91. The van der Waals surface area contributed by atoms with Gasteiger partial charge in [0.1, 0.15) is 23.9 Å². The molecule has 0 aliphatic carbocycles. The molecular formula is C15H13FN2O3. The Labute approximate surface area is 120 Å². The van der Waals surface area contributed by atoms with Crippen molar-refractivity contribution in [3.63, 3.8) is 0 Å². The van der Waals surface area contributed by atoms with Gasteiger partial charge in [-0.25, -0.2) is 4.39 Å². The second-order valence-electron chi connectivity index (χ2n) is 4.27. The Morgan fingerprint density at radius 3 is 2.90 bits per heavy atom. The summed E-state index contributed by atoms with van der Waals surface area (Å²) in [5.41, 5.74) is 0.877. The van der Waals surface area contributed by atoms with Crippen molar-refractivity contribution < 1.29 is 18.8 Å². The van der Waals surface area contributed by atoms with Gasteiger partial charge in [0.2, 0.25) is 0 Å². The molecule has 1 aromatic carbocycles. The summed E-state index contributed by atoms with van der Waals surface area (Å²) in [6.45, 7) is 1.59. The number of aliphatic hydroxyl groups excluding tert-OH is 1. The van der Waals surface area contributed by atoms with Crippen LogP contribution in [0.4, 0.5) is 4.39 Å². The summed E-state index contributed by atoms with van der Waals surface area (Å²) >= 11 is 0. The first kappa shape index (κ1) is 14.8. The molecule has 0 atom stereocenters. The number of benzene rings is 1. The molecule has 1 amide bonds. The molecule has 2 N–H and O–H groups in total. The lowest BCUT2D eigenvalue weighted by molar-refractivity contribution is 0.0946. The fraction of sp³-hybridized carbons (Fsp3) is 0.200. The Morgan fingerprint density at radius 2 is 2.29 bits per heavy atom. The number of carbonyl (C=O) groups excluding carboxylic acids is 1. The van der Waals surface area contributed by atoms with Gasteiger partial charge in [-0.2, -0.15) is 0 Å². The van der Waals surface area contributed by atoms with Crippen LogP contribution in [0.15, 0.2) is 28.8 Å². The Kier molecular flexibility index (Phi) is 4.69. The number of rotatable bonds is 3. The molecule has 2 aromatic rings. The lowest BCUT2D eigenvalue weighted by atomic mass is 10.1. The quantitative estimate of drug-likeness (QED) is 0.837. The van der Waals surface area contributed by atoms with Crippen LogP contribution < -0.4 is 5.32 Å². The van der Waals surface area contributed by atoms with Crippen molar-refractivity contribution in [2.24, 2.45) is 0 Å². The van der Waals surface area contributed by atoms with E-state index in [-0.39, 0.29) is 18.7 Å². The van der Waals surface area contributed by atoms with Gasteiger partial charge < -0.3 is 14.9 Å². The van der Waals surface area contributed by atoms with Gasteiger partial charge in [-0.05, 0) is 25.1 Å². The fourth-order valence-electron chi connectivity index (χ4n) is 1.69. The number of aromatic nitrogens is 1. The lowest BCUT2D eigenvalue weighted by Gasteiger charge is -2.04. The van der Waals surface area contributed by atoms with E-state index in [4.69, 9.17) is 9.63 Å². The van der Waals surface area contributed by atoms with Gasteiger partial charge in [0.15, 0.2) is 0 Å². The molecule has 0 aliphatic heterocycles. The van der Waals surface area contributed by atoms with Crippen LogP contribution in [0.2, 0.25) is 0 Å². The molecule has 0 aliphatic rings. The van der Waals surface area contributed by atoms with E-state index in [2.05, 4.69) is 22.3 Å². The molecule has 21 heavy (non-hydrogen) atoms. The average molecular weight is 288 g/mol. The number of aryl methyl sites for hydroxylation is 1. The molecule has 0 spiro atoms. The monoisotopic (exact) mass is 288 g/mol. The van der Waals surface area contributed by atoms with Crippen molar-refractivity contribution in [3.8, 4) is 11.8 Å². The minimum atomic E-state index is -0.673. The van der Waals surface area contributed by atoms with E-state index in [1.165, 1.54) is 12.1 Å². The Morgan fingerprint density at radius 1 is 1.48 bits per heavy atom. The summed E-state index contributed by atoms with van der Waals surface area (Å²) < 4.78 is 18.7. The summed E-state index contributed by atoms with van der Waals surface area (Å²) in [6.07, 6.45) is 0. The molecule has 6 heteroatoms. The van der Waals surface area contributed by atoms with Crippen LogP contribution in [0, 0.1) is 24.6 Å². The van der Waals surface area contributed by atoms with Crippen LogP contribution in [0.5, 0.6) is 0 Å². The van der Waals surface area contributed by atoms with Crippen molar-refractivity contribution in [3.05, 3.63) is 52.7 Å². The highest BCUT2D eigenvalue weighted by atomic mass is 19.1. The molecule has 2 rings (SSSR count). The van der Waals surface area contributed by atoms with Crippen LogP contribution in [0.3, 0.4) is 0 Å². The van der Waals surface area contributed by atoms with Crippen LogP contribution in [-0.4, -0.2) is 22.8 Å². The lowest BCUT2D eigenvalue weighted by Crippen LogP contribution is -2.24. The maximum atomic E-state index is 13.8. The molecule has 0 bridgehead atoms. The van der Waals surface area contributed by atoms with Crippen LogP contribution in [-0.2, 0) is 6.54 Å². The molecule has 1 heterocycles. The smallest absolute Gasteiger partial charge is 0.254 e. The molecule has 0 unspecified atom stereocenters. The van der Waals surface area contributed by atoms with E-state index >= 15 is 0 Å². The molecule has 5 nitrogen and oxygen atoms in total. The number of amides is 1. The van der Waals surface area contributed by atoms with E-state index in [0.717, 1.165) is 6.07 Å². The fourth-order valence-corrected chi connectivity index (χ4v) is 1.69. The normalized spacial score (nSPS) is 9.86. The van der Waals surface area contributed by atoms with Gasteiger partial charge in [-0.3, -0.25) is 4.79 Å². The van der Waals surface area contributed by atoms with Crippen molar-refractivity contribution in [1.29, 1.82) is 0 Å². The van der Waals surface area contributed by atoms with Crippen LogP contribution in [0.25, 0.3) is 0 Å². The second kappa shape index (κ2) is 6.68. The van der Waals surface area contributed by atoms with Crippen molar-refractivity contribution in [2.45, 2.75) is 13.5 Å². The predicted molar refractivity (Wildman–Crippen MR) is 72.8 cm³/mol. The summed E-state index contributed by atoms with van der Waals surface area (Å²) in [7, 11) is 0. The zero-order chi connectivity index (χ0) is 15.2. The van der Waals surface area contributed by atoms with Gasteiger partial charge in [-0.1, -0.05) is 17.0 Å². The highest BCUT2D eigenvalue weighted by molar-refractivity contribution is 5.94. The van der Waals surface area contributed by atoms with E-state index < -0.39 is 11.7 Å². The summed E-state index contributed by atoms with van der Waals surface area (Å²) in [5, 5.41) is 14.9. The predicted octanol–water partition coefficient (Wildman–Crippen LogP) is 1.40. The van der Waals surface area contributed by atoms with E-state index in [1.807, 2.05) is 0 Å². The Balaban J connectivity index is 2.05. The molecule has 108 valence electrons. The van der Waals surface area contributed by atoms with Gasteiger partial charge in [0, 0.05) is 11.6 Å². The largest absolute Gasteiger partial charge is 0.384 e. The summed E-state index contributed by atoms with van der Waals surface area (Å²) in [6, 6.07) is 5.70. The minimum Gasteiger partial charge on any atom is -0.384 e. The van der Waals surface area contributed by atoms with Crippen LogP contribution in [0.1, 0.15) is 27.4 Å². The Bertz CT molecular complexity index is 713. The van der Waals surface area contributed by atoms with Gasteiger partial charge >= 0.3 is 0 Å². The Hall–Kier alpha value is -2.65. The van der Waals surface area contributed by atoms with E-state index in [1.54, 1.807) is 13.0 Å². The molecule has 0 radical (unpaired) electrons. The minimum absolute atomic E-state index is 0.0789. The molecule has 0 fully saturated rings. The molecule has 0 saturated carbocycles. The average Bonchev–Trinajstić information content (AvgIpc) is 2.88. The van der Waals surface area contributed by atoms with Gasteiger partial charge in [0.05, 0.1) is 12.1 Å². The maximum Gasteiger partial charge on any atom is 0.254 e. The molecule has 1 aromatic heterocycles. The molecule has 0 saturated heterocycles. The first-order valence-electron chi connectivity index (χ1n) is 6.20. The number of carbonyl (C=O) groups is 1. The third-order valence-corrected chi connectivity index (χ3v) is 2.63. The topological polar surface area (TPSA) is 75.4 Å². The van der Waals surface area contributed by atoms with Gasteiger partial charge in [0.25, 0.3) is 5.91 Å². The van der Waals surface area contributed by atoms with Crippen LogP contribution >= 0.6 is 0 Å². The first-order chi connectivity index (χ1) is 10.1. The van der Waals surface area contributed by atoms with Gasteiger partial charge in [-0.15, -0.1) is 0 Å². The second-order valence-corrected chi connectivity index (χ2v) is 4.27. The zero-order valence-corrected chi connectivity index (χ0v) is 11.3. The SMILES string of the molecule is Cc1cc(CNC(=O)c2ccc(C#CCO)cc2F)no1. The maximum absolute atomic E-state index is 13.8. The first-order valence-corrected chi connectivity index (χ1v) is 6.20. The number of halogens is 1.